The molecule has 10 nitrogen and oxygen atoms in total. The van der Waals surface area contributed by atoms with E-state index in [0.717, 1.165) is 5.56 Å². The van der Waals surface area contributed by atoms with Crippen LogP contribution < -0.4 is 15.4 Å². The maximum atomic E-state index is 13.3. The first kappa shape index (κ1) is 28.8. The number of benzene rings is 3. The van der Waals surface area contributed by atoms with Crippen LogP contribution in [0.5, 0.6) is 5.75 Å². The van der Waals surface area contributed by atoms with Crippen LogP contribution in [0.1, 0.15) is 19.4 Å². The molecule has 0 spiro atoms. The Morgan fingerprint density at radius 3 is 2.40 bits per heavy atom. The quantitative estimate of drug-likeness (QED) is 0.272. The second-order valence-corrected chi connectivity index (χ2v) is 10.0. The largest absolute Gasteiger partial charge is 0.482 e. The van der Waals surface area contributed by atoms with Crippen molar-refractivity contribution in [1.82, 2.24) is 9.80 Å². The number of ether oxygens (including phenoxy) is 1. The molecule has 210 valence electrons. The fraction of sp³-hybridized carbons (Fsp3) is 0.286. The van der Waals surface area contributed by atoms with Gasteiger partial charge in [-0.25, -0.2) is 9.18 Å². The van der Waals surface area contributed by atoms with E-state index >= 15 is 0 Å². The number of nitrogens with zero attached hydrogens (tertiary/aromatic N) is 3. The van der Waals surface area contributed by atoms with Crippen molar-refractivity contribution in [2.45, 2.75) is 32.5 Å². The van der Waals surface area contributed by atoms with Gasteiger partial charge in [0.15, 0.2) is 6.61 Å². The van der Waals surface area contributed by atoms with Crippen molar-refractivity contribution < 1.29 is 23.6 Å². The van der Waals surface area contributed by atoms with Crippen LogP contribution in [-0.2, 0) is 11.3 Å². The van der Waals surface area contributed by atoms with Crippen LogP contribution >= 0.6 is 11.6 Å². The highest BCUT2D eigenvalue weighted by molar-refractivity contribution is 6.31. The first-order valence-corrected chi connectivity index (χ1v) is 13.0. The molecule has 12 heteroatoms. The van der Waals surface area contributed by atoms with Crippen molar-refractivity contribution in [2.24, 2.45) is 0 Å². The minimum absolute atomic E-state index is 0.0666. The molecule has 3 aromatic carbocycles. The summed E-state index contributed by atoms with van der Waals surface area (Å²) < 4.78 is 19.1. The molecule has 1 heterocycles. The highest BCUT2D eigenvalue weighted by Crippen LogP contribution is 2.29. The van der Waals surface area contributed by atoms with E-state index < -0.39 is 11.0 Å². The molecule has 3 aromatic rings. The van der Waals surface area contributed by atoms with Gasteiger partial charge in [0.2, 0.25) is 0 Å². The van der Waals surface area contributed by atoms with E-state index in [2.05, 4.69) is 15.5 Å². The molecule has 0 aromatic heterocycles. The number of halogens is 2. The average molecular weight is 570 g/mol. The van der Waals surface area contributed by atoms with Crippen molar-refractivity contribution >= 4 is 40.6 Å². The lowest BCUT2D eigenvalue weighted by atomic mass is 10.1. The number of hydrogen-bond donors (Lipinski definition) is 2. The molecule has 2 unspecified atom stereocenters. The molecule has 1 fully saturated rings. The van der Waals surface area contributed by atoms with Gasteiger partial charge in [-0.05, 0) is 61.9 Å². The summed E-state index contributed by atoms with van der Waals surface area (Å²) in [6, 6.07) is 15.8. The van der Waals surface area contributed by atoms with Crippen LogP contribution in [0.4, 0.5) is 26.2 Å². The Labute approximate surface area is 235 Å². The lowest BCUT2D eigenvalue weighted by Gasteiger charge is -2.44. The van der Waals surface area contributed by atoms with Crippen molar-refractivity contribution in [1.29, 1.82) is 0 Å². The van der Waals surface area contributed by atoms with Gasteiger partial charge in [-0.2, -0.15) is 0 Å². The average Bonchev–Trinajstić information content (AvgIpc) is 2.91. The number of amides is 3. The number of rotatable bonds is 8. The molecule has 2 N–H and O–H groups in total. The summed E-state index contributed by atoms with van der Waals surface area (Å²) in [6.07, 6.45) is 0. The number of carbonyl (C=O) groups is 2. The molecule has 1 aliphatic heterocycles. The molecule has 1 aliphatic rings. The van der Waals surface area contributed by atoms with Crippen LogP contribution in [0.25, 0.3) is 0 Å². The number of piperazine rings is 1. The van der Waals surface area contributed by atoms with Gasteiger partial charge in [-0.1, -0.05) is 23.7 Å². The van der Waals surface area contributed by atoms with E-state index in [9.17, 15) is 24.1 Å². The summed E-state index contributed by atoms with van der Waals surface area (Å²) in [5.41, 5.74) is 1.51. The predicted octanol–water partition coefficient (Wildman–Crippen LogP) is 5.53. The normalized spacial score (nSPS) is 17.2. The lowest BCUT2D eigenvalue weighted by Crippen LogP contribution is -2.58. The van der Waals surface area contributed by atoms with Gasteiger partial charge >= 0.3 is 6.03 Å². The van der Waals surface area contributed by atoms with Gasteiger partial charge in [0.05, 0.1) is 10.6 Å². The van der Waals surface area contributed by atoms with Crippen LogP contribution in [0.2, 0.25) is 5.02 Å². The summed E-state index contributed by atoms with van der Waals surface area (Å²) in [5, 5.41) is 16.4. The van der Waals surface area contributed by atoms with Crippen molar-refractivity contribution in [3.8, 4) is 5.75 Å². The van der Waals surface area contributed by atoms with E-state index in [0.29, 0.717) is 30.3 Å². The topological polar surface area (TPSA) is 117 Å². The van der Waals surface area contributed by atoms with Gasteiger partial charge < -0.3 is 20.3 Å². The fourth-order valence-corrected chi connectivity index (χ4v) is 4.66. The third kappa shape index (κ3) is 7.45. The summed E-state index contributed by atoms with van der Waals surface area (Å²) in [6.45, 7) is 5.59. The first-order chi connectivity index (χ1) is 19.1. The number of urea groups is 1. The second kappa shape index (κ2) is 12.8. The monoisotopic (exact) mass is 569 g/mol. The smallest absolute Gasteiger partial charge is 0.323 e. The van der Waals surface area contributed by atoms with E-state index in [1.54, 1.807) is 29.2 Å². The highest BCUT2D eigenvalue weighted by Gasteiger charge is 2.32. The highest BCUT2D eigenvalue weighted by atomic mass is 35.5. The van der Waals surface area contributed by atoms with Crippen LogP contribution in [0, 0.1) is 15.9 Å². The predicted molar refractivity (Wildman–Crippen MR) is 150 cm³/mol. The van der Waals surface area contributed by atoms with Crippen molar-refractivity contribution in [3.63, 3.8) is 0 Å². The minimum atomic E-state index is -0.619. The first-order valence-electron chi connectivity index (χ1n) is 12.6. The van der Waals surface area contributed by atoms with Crippen LogP contribution in [-0.4, -0.2) is 58.4 Å². The molecule has 0 saturated carbocycles. The van der Waals surface area contributed by atoms with Gasteiger partial charge in [0.25, 0.3) is 11.6 Å². The van der Waals surface area contributed by atoms with Gasteiger partial charge in [0, 0.05) is 54.6 Å². The summed E-state index contributed by atoms with van der Waals surface area (Å²) >= 11 is 6.12. The number of hydrogen-bond acceptors (Lipinski definition) is 6. The zero-order chi connectivity index (χ0) is 28.8. The molecule has 0 bridgehead atoms. The van der Waals surface area contributed by atoms with Crippen molar-refractivity contribution in [2.75, 3.05) is 30.3 Å². The van der Waals surface area contributed by atoms with E-state index in [1.807, 2.05) is 13.8 Å². The van der Waals surface area contributed by atoms with E-state index in [-0.39, 0.29) is 47.5 Å². The molecular weight excluding hydrogens is 541 g/mol. The Hall–Kier alpha value is -4.22. The molecule has 1 saturated heterocycles. The second-order valence-electron chi connectivity index (χ2n) is 9.61. The number of non-ortho nitro benzene ring substituents is 1. The Morgan fingerprint density at radius 1 is 1.02 bits per heavy atom. The Kier molecular flexibility index (Phi) is 9.18. The summed E-state index contributed by atoms with van der Waals surface area (Å²) in [7, 11) is 0. The Balaban J connectivity index is 1.34. The van der Waals surface area contributed by atoms with Gasteiger partial charge in [0.1, 0.15) is 11.6 Å². The molecule has 40 heavy (non-hydrogen) atoms. The zero-order valence-electron chi connectivity index (χ0n) is 22.0. The molecule has 3 amide bonds. The molecular formula is C28H29ClFN5O5. The third-order valence-corrected chi connectivity index (χ3v) is 6.85. The maximum absolute atomic E-state index is 13.3. The maximum Gasteiger partial charge on any atom is 0.323 e. The zero-order valence-corrected chi connectivity index (χ0v) is 22.7. The molecule has 2 atom stereocenters. The number of nitro groups is 1. The summed E-state index contributed by atoms with van der Waals surface area (Å²) in [5.74, 6) is -0.214. The SMILES string of the molecule is CC1CN(C(=O)COc2ccc(Cl)cc2NC(=O)Nc2ccc([N+](=O)[O-])cc2)C(C)CN1Cc1ccc(F)cc1. The lowest BCUT2D eigenvalue weighted by molar-refractivity contribution is -0.384. The van der Waals surface area contributed by atoms with E-state index in [4.69, 9.17) is 16.3 Å². The minimum Gasteiger partial charge on any atom is -0.482 e. The standard InChI is InChI=1S/C28H29ClFN5O5/c1-18-15-34(19(2)14-33(18)16-20-3-6-22(30)7-4-20)27(36)17-40-26-12-5-21(29)13-25(26)32-28(37)31-23-8-10-24(11-9-23)35(38)39/h3-13,18-19H,14-17H2,1-2H3,(H2,31,32,37). The molecule has 0 aliphatic carbocycles. The number of anilines is 2. The molecule has 4 rings (SSSR count). The number of nitro benzene ring substituents is 1. The molecule has 0 radical (unpaired) electrons. The Bertz CT molecular complexity index is 1370. The van der Waals surface area contributed by atoms with Crippen molar-refractivity contribution in [3.05, 3.63) is 93.2 Å². The van der Waals surface area contributed by atoms with E-state index in [1.165, 1.54) is 42.5 Å². The van der Waals surface area contributed by atoms with Crippen LogP contribution in [0.15, 0.2) is 66.7 Å². The van der Waals surface area contributed by atoms with Gasteiger partial charge in [-0.3, -0.25) is 19.8 Å². The number of carbonyl (C=O) groups excluding carboxylic acids is 2. The number of nitrogens with one attached hydrogen (secondary N) is 2. The van der Waals surface area contributed by atoms with Crippen LogP contribution in [0.3, 0.4) is 0 Å². The van der Waals surface area contributed by atoms with Gasteiger partial charge in [-0.15, -0.1) is 0 Å². The third-order valence-electron chi connectivity index (χ3n) is 6.61. The summed E-state index contributed by atoms with van der Waals surface area (Å²) in [4.78, 5) is 40.0. The Morgan fingerprint density at radius 2 is 1.73 bits per heavy atom. The fourth-order valence-electron chi connectivity index (χ4n) is 4.49.